The number of hydrogen-bond acceptors (Lipinski definition) is 2. The van der Waals surface area contributed by atoms with Crippen LogP contribution in [-0.4, -0.2) is 9.97 Å². The van der Waals surface area contributed by atoms with Crippen LogP contribution < -0.4 is 0 Å². The molecule has 66 heavy (non-hydrogen) atoms. The minimum Gasteiger partial charge on any atom is -0.227 e. The van der Waals surface area contributed by atoms with Gasteiger partial charge in [0.05, 0.1) is 11.2 Å². The molecule has 1 aromatic heterocycles. The van der Waals surface area contributed by atoms with Crippen LogP contribution in [0.3, 0.4) is 0 Å². The third-order valence-electron chi connectivity index (χ3n) is 12.8. The molecule has 2 nitrogen and oxygen atoms in total. The Morgan fingerprint density at radius 3 is 1.17 bits per heavy atom. The Morgan fingerprint density at radius 2 is 0.591 bits per heavy atom. The number of aromatic nitrogens is 2. The molecule has 0 amide bonds. The minimum atomic E-state index is 0.712. The Bertz CT molecular complexity index is 3680. The summed E-state index contributed by atoms with van der Waals surface area (Å²) in [5.74, 6) is 0.712. The van der Waals surface area contributed by atoms with Gasteiger partial charge in [0.15, 0.2) is 5.82 Å². The SMILES string of the molecule is c1ccc(-c2cc(-c3ccccc3)cc(-c3cccc(-c4cccc(-c5cccc(-c6ccc(-c7nc(-c8cccc9ccccc89)c8ccc9ccccc9c8n7)cc6)c5)c4)c3)c2)cc1. The molecule has 0 fully saturated rings. The van der Waals surface area contributed by atoms with Gasteiger partial charge in [-0.15, -0.1) is 0 Å². The van der Waals surface area contributed by atoms with Gasteiger partial charge in [0.25, 0.3) is 0 Å². The number of benzene rings is 11. The van der Waals surface area contributed by atoms with Gasteiger partial charge in [0.2, 0.25) is 0 Å². The number of rotatable bonds is 8. The van der Waals surface area contributed by atoms with E-state index in [1.807, 2.05) is 0 Å². The first-order valence-corrected chi connectivity index (χ1v) is 22.5. The summed E-state index contributed by atoms with van der Waals surface area (Å²) >= 11 is 0. The second-order valence-electron chi connectivity index (χ2n) is 17.0. The molecule has 0 atom stereocenters. The van der Waals surface area contributed by atoms with E-state index in [2.05, 4.69) is 255 Å². The predicted octanol–water partition coefficient (Wildman–Crippen LogP) is 17.3. The van der Waals surface area contributed by atoms with E-state index in [1.165, 1.54) is 66.4 Å². The highest BCUT2D eigenvalue weighted by Gasteiger charge is 2.16. The minimum absolute atomic E-state index is 0.712. The molecule has 1 heterocycles. The summed E-state index contributed by atoms with van der Waals surface area (Å²) in [6.45, 7) is 0. The van der Waals surface area contributed by atoms with Gasteiger partial charge in [-0.2, -0.15) is 0 Å². The second-order valence-corrected chi connectivity index (χ2v) is 17.0. The fourth-order valence-corrected chi connectivity index (χ4v) is 9.47. The Morgan fingerprint density at radius 1 is 0.212 bits per heavy atom. The van der Waals surface area contributed by atoms with E-state index in [0.717, 1.165) is 49.6 Å². The monoisotopic (exact) mass is 838 g/mol. The highest BCUT2D eigenvalue weighted by Crippen LogP contribution is 2.39. The molecule has 0 bridgehead atoms. The summed E-state index contributed by atoms with van der Waals surface area (Å²) in [6.07, 6.45) is 0. The maximum absolute atomic E-state index is 5.33. The highest BCUT2D eigenvalue weighted by molar-refractivity contribution is 6.12. The van der Waals surface area contributed by atoms with Gasteiger partial charge in [0, 0.05) is 21.9 Å². The van der Waals surface area contributed by atoms with Gasteiger partial charge in [-0.1, -0.05) is 212 Å². The molecule has 0 spiro atoms. The zero-order valence-corrected chi connectivity index (χ0v) is 36.1. The summed E-state index contributed by atoms with van der Waals surface area (Å²) in [5.41, 5.74) is 18.2. The Kier molecular flexibility index (Phi) is 9.89. The van der Waals surface area contributed by atoms with Crippen molar-refractivity contribution in [2.45, 2.75) is 0 Å². The van der Waals surface area contributed by atoms with Crippen molar-refractivity contribution in [3.05, 3.63) is 255 Å². The molecular formula is C64H42N2. The van der Waals surface area contributed by atoms with E-state index in [-0.39, 0.29) is 0 Å². The summed E-state index contributed by atoms with van der Waals surface area (Å²) in [6, 6.07) is 91.5. The van der Waals surface area contributed by atoms with E-state index >= 15 is 0 Å². The van der Waals surface area contributed by atoms with Gasteiger partial charge in [-0.25, -0.2) is 9.97 Å². The molecular weight excluding hydrogens is 797 g/mol. The van der Waals surface area contributed by atoms with Crippen LogP contribution in [-0.2, 0) is 0 Å². The van der Waals surface area contributed by atoms with Gasteiger partial charge in [-0.05, 0) is 125 Å². The highest BCUT2D eigenvalue weighted by atomic mass is 14.9. The average Bonchev–Trinajstić information content (AvgIpc) is 3.41. The second kappa shape index (κ2) is 16.8. The van der Waals surface area contributed by atoms with Crippen LogP contribution in [0, 0.1) is 0 Å². The number of hydrogen-bond donors (Lipinski definition) is 0. The molecule has 0 N–H and O–H groups in total. The van der Waals surface area contributed by atoms with Crippen molar-refractivity contribution >= 4 is 32.4 Å². The van der Waals surface area contributed by atoms with Crippen LogP contribution in [0.15, 0.2) is 255 Å². The third-order valence-corrected chi connectivity index (χ3v) is 12.8. The van der Waals surface area contributed by atoms with E-state index in [0.29, 0.717) is 5.82 Å². The zero-order chi connectivity index (χ0) is 43.8. The van der Waals surface area contributed by atoms with Gasteiger partial charge >= 0.3 is 0 Å². The molecule has 308 valence electrons. The van der Waals surface area contributed by atoms with E-state index < -0.39 is 0 Å². The standard InChI is InChI=1S/C64H42N2/c1-3-15-43(16-4-1)55-40-56(44-17-5-2-6-18-44)42-57(41-55)54-27-13-26-53(39-54)52-25-12-24-51(38-52)50-23-11-22-49(37-50)45-31-33-48(34-32-45)64-65-62-59-29-10-8-20-47(59)35-36-61(62)63(66-64)60-30-14-21-46-19-7-9-28-58(46)60/h1-42H. The molecule has 0 saturated heterocycles. The fraction of sp³-hybridized carbons (Fsp3) is 0. The maximum Gasteiger partial charge on any atom is 0.160 e. The lowest BCUT2D eigenvalue weighted by molar-refractivity contribution is 1.24. The van der Waals surface area contributed by atoms with Crippen molar-refractivity contribution in [1.29, 1.82) is 0 Å². The van der Waals surface area contributed by atoms with Crippen LogP contribution in [0.5, 0.6) is 0 Å². The molecule has 11 aromatic carbocycles. The molecule has 2 heteroatoms. The molecule has 0 aliphatic heterocycles. The van der Waals surface area contributed by atoms with Crippen molar-refractivity contribution in [2.24, 2.45) is 0 Å². The summed E-state index contributed by atoms with van der Waals surface area (Å²) < 4.78 is 0. The Hall–Kier alpha value is -8.72. The van der Waals surface area contributed by atoms with Crippen LogP contribution in [0.25, 0.3) is 122 Å². The first kappa shape index (κ1) is 38.9. The number of nitrogens with zero attached hydrogens (tertiary/aromatic N) is 2. The Labute approximate surface area is 384 Å². The van der Waals surface area contributed by atoms with E-state index in [9.17, 15) is 0 Å². The lowest BCUT2D eigenvalue weighted by Gasteiger charge is -2.14. The van der Waals surface area contributed by atoms with Gasteiger partial charge < -0.3 is 0 Å². The van der Waals surface area contributed by atoms with Crippen molar-refractivity contribution in [1.82, 2.24) is 9.97 Å². The molecule has 0 radical (unpaired) electrons. The van der Waals surface area contributed by atoms with Crippen molar-refractivity contribution < 1.29 is 0 Å². The molecule has 0 unspecified atom stereocenters. The Balaban J connectivity index is 0.871. The van der Waals surface area contributed by atoms with Crippen LogP contribution in [0.2, 0.25) is 0 Å². The van der Waals surface area contributed by atoms with Crippen LogP contribution in [0.1, 0.15) is 0 Å². The van der Waals surface area contributed by atoms with Crippen molar-refractivity contribution in [3.63, 3.8) is 0 Å². The average molecular weight is 839 g/mol. The summed E-state index contributed by atoms with van der Waals surface area (Å²) in [4.78, 5) is 10.6. The van der Waals surface area contributed by atoms with Crippen molar-refractivity contribution in [3.8, 4) is 89.4 Å². The quantitative estimate of drug-likeness (QED) is 0.143. The molecule has 0 saturated carbocycles. The van der Waals surface area contributed by atoms with Gasteiger partial charge in [0.1, 0.15) is 0 Å². The molecule has 0 aliphatic rings. The first-order valence-electron chi connectivity index (χ1n) is 22.5. The largest absolute Gasteiger partial charge is 0.227 e. The lowest BCUT2D eigenvalue weighted by atomic mass is 9.91. The van der Waals surface area contributed by atoms with Crippen LogP contribution in [0.4, 0.5) is 0 Å². The molecule has 12 aromatic rings. The lowest BCUT2D eigenvalue weighted by Crippen LogP contribution is -1.96. The molecule has 0 aliphatic carbocycles. The summed E-state index contributed by atoms with van der Waals surface area (Å²) in [5, 5.41) is 5.70. The summed E-state index contributed by atoms with van der Waals surface area (Å²) in [7, 11) is 0. The smallest absolute Gasteiger partial charge is 0.160 e. The maximum atomic E-state index is 5.33. The number of fused-ring (bicyclic) bond motifs is 4. The first-order chi connectivity index (χ1) is 32.7. The zero-order valence-electron chi connectivity index (χ0n) is 36.1. The fourth-order valence-electron chi connectivity index (χ4n) is 9.47. The topological polar surface area (TPSA) is 25.8 Å². The molecule has 12 rings (SSSR count). The van der Waals surface area contributed by atoms with E-state index in [1.54, 1.807) is 0 Å². The third kappa shape index (κ3) is 7.41. The van der Waals surface area contributed by atoms with E-state index in [4.69, 9.17) is 9.97 Å². The van der Waals surface area contributed by atoms with Crippen LogP contribution >= 0.6 is 0 Å². The predicted molar refractivity (Wildman–Crippen MR) is 278 cm³/mol. The van der Waals surface area contributed by atoms with Gasteiger partial charge in [-0.3, -0.25) is 0 Å². The normalized spacial score (nSPS) is 11.3. The van der Waals surface area contributed by atoms with Crippen molar-refractivity contribution in [2.75, 3.05) is 0 Å².